The molecule has 1 heterocycles. The fraction of sp³-hybridized carbons (Fsp3) is 0.583. The summed E-state index contributed by atoms with van der Waals surface area (Å²) < 4.78 is 5.05. The lowest BCUT2D eigenvalue weighted by Gasteiger charge is -2.12. The number of hydrogen-bond donors (Lipinski definition) is 2. The van der Waals surface area contributed by atoms with Crippen molar-refractivity contribution in [3.05, 3.63) is 24.2 Å². The van der Waals surface area contributed by atoms with Gasteiger partial charge in [-0.3, -0.25) is 4.79 Å². The van der Waals surface area contributed by atoms with Crippen LogP contribution in [-0.2, 0) is 4.79 Å². The minimum atomic E-state index is -0.750. The first-order chi connectivity index (χ1) is 7.77. The van der Waals surface area contributed by atoms with Crippen LogP contribution >= 0.6 is 0 Å². The molecule has 4 heteroatoms. The Morgan fingerprint density at radius 3 is 2.94 bits per heavy atom. The van der Waals surface area contributed by atoms with Crippen LogP contribution in [0.4, 0.5) is 0 Å². The Hall–Kier alpha value is -1.29. The quantitative estimate of drug-likeness (QED) is 0.815. The van der Waals surface area contributed by atoms with Crippen molar-refractivity contribution < 1.29 is 14.3 Å². The summed E-state index contributed by atoms with van der Waals surface area (Å²) in [5.74, 6) is 0.693. The van der Waals surface area contributed by atoms with Gasteiger partial charge in [0.1, 0.15) is 11.9 Å². The Kier molecular flexibility index (Phi) is 3.62. The highest BCUT2D eigenvalue weighted by Gasteiger charge is 2.23. The smallest absolute Gasteiger partial charge is 0.223 e. The van der Waals surface area contributed by atoms with E-state index in [0.29, 0.717) is 5.76 Å². The summed E-state index contributed by atoms with van der Waals surface area (Å²) in [5.41, 5.74) is 0. The highest BCUT2D eigenvalue weighted by molar-refractivity contribution is 5.78. The molecule has 0 spiro atoms. The number of nitrogens with one attached hydrogen (secondary N) is 1. The Balaban J connectivity index is 1.76. The zero-order chi connectivity index (χ0) is 11.4. The second-order valence-electron chi connectivity index (χ2n) is 4.26. The number of rotatable bonds is 4. The van der Waals surface area contributed by atoms with Gasteiger partial charge in [-0.05, 0) is 25.0 Å². The van der Waals surface area contributed by atoms with Crippen LogP contribution in [0.25, 0.3) is 0 Å². The molecular formula is C12H17NO3. The SMILES string of the molecule is O=C(NCC(O)c1ccco1)C1CCCC1. The van der Waals surface area contributed by atoms with E-state index in [2.05, 4.69) is 5.32 Å². The fourth-order valence-electron chi connectivity index (χ4n) is 2.11. The van der Waals surface area contributed by atoms with Crippen LogP contribution < -0.4 is 5.32 Å². The highest BCUT2D eigenvalue weighted by atomic mass is 16.4. The Labute approximate surface area is 94.6 Å². The third kappa shape index (κ3) is 2.64. The van der Waals surface area contributed by atoms with Crippen LogP contribution in [0, 0.1) is 5.92 Å². The van der Waals surface area contributed by atoms with Gasteiger partial charge < -0.3 is 14.8 Å². The van der Waals surface area contributed by atoms with Crippen LogP contribution in [-0.4, -0.2) is 17.6 Å². The number of amides is 1. The summed E-state index contributed by atoms with van der Waals surface area (Å²) in [4.78, 5) is 11.7. The summed E-state index contributed by atoms with van der Waals surface area (Å²) in [6.45, 7) is 0.225. The molecule has 0 saturated heterocycles. The molecule has 1 aromatic heterocycles. The maximum absolute atomic E-state index is 11.7. The first-order valence-electron chi connectivity index (χ1n) is 5.76. The average Bonchev–Trinajstić information content (AvgIpc) is 2.95. The normalized spacial score (nSPS) is 18.6. The van der Waals surface area contributed by atoms with E-state index in [4.69, 9.17) is 4.42 Å². The van der Waals surface area contributed by atoms with E-state index < -0.39 is 6.10 Å². The molecule has 1 fully saturated rings. The predicted molar refractivity (Wildman–Crippen MR) is 58.6 cm³/mol. The molecule has 88 valence electrons. The molecule has 1 amide bonds. The fourth-order valence-corrected chi connectivity index (χ4v) is 2.11. The zero-order valence-electron chi connectivity index (χ0n) is 9.19. The first-order valence-corrected chi connectivity index (χ1v) is 5.76. The average molecular weight is 223 g/mol. The number of aliphatic hydroxyl groups is 1. The van der Waals surface area contributed by atoms with E-state index in [0.717, 1.165) is 25.7 Å². The van der Waals surface area contributed by atoms with Gasteiger partial charge in [0.05, 0.1) is 12.8 Å². The van der Waals surface area contributed by atoms with E-state index in [-0.39, 0.29) is 18.4 Å². The molecule has 1 aliphatic rings. The molecule has 0 aliphatic heterocycles. The van der Waals surface area contributed by atoms with Crippen LogP contribution in [0.1, 0.15) is 37.5 Å². The van der Waals surface area contributed by atoms with Crippen molar-refractivity contribution in [1.29, 1.82) is 0 Å². The largest absolute Gasteiger partial charge is 0.467 e. The van der Waals surface area contributed by atoms with Crippen LogP contribution in [0.15, 0.2) is 22.8 Å². The van der Waals surface area contributed by atoms with Gasteiger partial charge in [-0.25, -0.2) is 0 Å². The second-order valence-corrected chi connectivity index (χ2v) is 4.26. The maximum Gasteiger partial charge on any atom is 0.223 e. The lowest BCUT2D eigenvalue weighted by atomic mass is 10.1. The van der Waals surface area contributed by atoms with Crippen LogP contribution in [0.2, 0.25) is 0 Å². The van der Waals surface area contributed by atoms with E-state index >= 15 is 0 Å². The van der Waals surface area contributed by atoms with Crippen molar-refractivity contribution in [3.63, 3.8) is 0 Å². The maximum atomic E-state index is 11.7. The lowest BCUT2D eigenvalue weighted by molar-refractivity contribution is -0.125. The van der Waals surface area contributed by atoms with Gasteiger partial charge in [0, 0.05) is 5.92 Å². The Morgan fingerprint density at radius 1 is 1.56 bits per heavy atom. The van der Waals surface area contributed by atoms with Crippen molar-refractivity contribution in [2.24, 2.45) is 5.92 Å². The van der Waals surface area contributed by atoms with Crippen molar-refractivity contribution in [1.82, 2.24) is 5.32 Å². The summed E-state index contributed by atoms with van der Waals surface area (Å²) in [7, 11) is 0. The minimum Gasteiger partial charge on any atom is -0.467 e. The molecule has 4 nitrogen and oxygen atoms in total. The predicted octanol–water partition coefficient (Wildman–Crippen LogP) is 1.62. The third-order valence-corrected chi connectivity index (χ3v) is 3.07. The molecule has 1 saturated carbocycles. The van der Waals surface area contributed by atoms with Gasteiger partial charge in [0.15, 0.2) is 0 Å². The summed E-state index contributed by atoms with van der Waals surface area (Å²) in [5, 5.41) is 12.5. The monoisotopic (exact) mass is 223 g/mol. The summed E-state index contributed by atoms with van der Waals surface area (Å²) >= 11 is 0. The molecule has 2 N–H and O–H groups in total. The molecule has 2 rings (SSSR count). The van der Waals surface area contributed by atoms with Gasteiger partial charge in [-0.2, -0.15) is 0 Å². The number of carbonyl (C=O) groups is 1. The first kappa shape index (κ1) is 11.2. The van der Waals surface area contributed by atoms with Crippen molar-refractivity contribution in [3.8, 4) is 0 Å². The lowest BCUT2D eigenvalue weighted by Crippen LogP contribution is -2.32. The van der Waals surface area contributed by atoms with E-state index in [1.54, 1.807) is 12.1 Å². The van der Waals surface area contributed by atoms with Crippen molar-refractivity contribution in [2.75, 3.05) is 6.54 Å². The van der Waals surface area contributed by atoms with Crippen molar-refractivity contribution in [2.45, 2.75) is 31.8 Å². The topological polar surface area (TPSA) is 62.5 Å². The molecule has 0 bridgehead atoms. The Bertz CT molecular complexity index is 328. The van der Waals surface area contributed by atoms with Crippen LogP contribution in [0.5, 0.6) is 0 Å². The molecule has 1 aromatic rings. The number of furan rings is 1. The van der Waals surface area contributed by atoms with E-state index in [1.807, 2.05) is 0 Å². The highest BCUT2D eigenvalue weighted by Crippen LogP contribution is 2.24. The van der Waals surface area contributed by atoms with Gasteiger partial charge in [0.2, 0.25) is 5.91 Å². The molecular weight excluding hydrogens is 206 g/mol. The number of carbonyl (C=O) groups excluding carboxylic acids is 1. The minimum absolute atomic E-state index is 0.0584. The van der Waals surface area contributed by atoms with Gasteiger partial charge in [-0.15, -0.1) is 0 Å². The molecule has 1 unspecified atom stereocenters. The molecule has 16 heavy (non-hydrogen) atoms. The molecule has 1 aliphatic carbocycles. The molecule has 1 atom stereocenters. The van der Waals surface area contributed by atoms with E-state index in [9.17, 15) is 9.90 Å². The third-order valence-electron chi connectivity index (χ3n) is 3.07. The van der Waals surface area contributed by atoms with Crippen LogP contribution in [0.3, 0.4) is 0 Å². The zero-order valence-corrected chi connectivity index (χ0v) is 9.19. The summed E-state index contributed by atoms with van der Waals surface area (Å²) in [6.07, 6.45) is 4.99. The van der Waals surface area contributed by atoms with Gasteiger partial charge in [0.25, 0.3) is 0 Å². The summed E-state index contributed by atoms with van der Waals surface area (Å²) in [6, 6.07) is 3.42. The van der Waals surface area contributed by atoms with Gasteiger partial charge in [-0.1, -0.05) is 12.8 Å². The van der Waals surface area contributed by atoms with Crippen molar-refractivity contribution >= 4 is 5.91 Å². The molecule has 0 radical (unpaired) electrons. The van der Waals surface area contributed by atoms with E-state index in [1.165, 1.54) is 6.26 Å². The standard InChI is InChI=1S/C12H17NO3/c14-10(11-6-3-7-16-11)8-13-12(15)9-4-1-2-5-9/h3,6-7,9-10,14H,1-2,4-5,8H2,(H,13,15). The number of hydrogen-bond acceptors (Lipinski definition) is 3. The number of aliphatic hydroxyl groups excluding tert-OH is 1. The van der Waals surface area contributed by atoms with Gasteiger partial charge >= 0.3 is 0 Å². The molecule has 0 aromatic carbocycles. The second kappa shape index (κ2) is 5.16. The Morgan fingerprint density at radius 2 is 2.31 bits per heavy atom.